The molecule has 1 unspecified atom stereocenters. The van der Waals surface area contributed by atoms with E-state index in [0.717, 1.165) is 16.9 Å². The normalized spacial score (nSPS) is 17.2. The minimum Gasteiger partial charge on any atom is -0.310 e. The van der Waals surface area contributed by atoms with Gasteiger partial charge in [-0.1, -0.05) is 6.07 Å². The Labute approximate surface area is 169 Å². The minimum atomic E-state index is 0.0406. The van der Waals surface area contributed by atoms with Crippen molar-refractivity contribution in [3.8, 4) is 17.6 Å². The zero-order chi connectivity index (χ0) is 20.2. The molecule has 3 aromatic rings. The van der Waals surface area contributed by atoms with Crippen LogP contribution in [0.4, 0.5) is 5.69 Å². The molecule has 0 spiro atoms. The quantitative estimate of drug-likeness (QED) is 0.687. The van der Waals surface area contributed by atoms with E-state index in [2.05, 4.69) is 32.8 Å². The second-order valence-electron chi connectivity index (χ2n) is 7.05. The first-order valence-corrected chi connectivity index (χ1v) is 9.41. The molecule has 0 aliphatic carbocycles. The van der Waals surface area contributed by atoms with Crippen molar-refractivity contribution in [2.75, 3.05) is 18.0 Å². The van der Waals surface area contributed by atoms with E-state index in [1.165, 1.54) is 0 Å². The predicted octanol–water partition coefficient (Wildman–Crippen LogP) is 2.65. The molecular weight excluding hydrogens is 364 g/mol. The van der Waals surface area contributed by atoms with Crippen molar-refractivity contribution in [2.24, 2.45) is 0 Å². The van der Waals surface area contributed by atoms with E-state index in [0.29, 0.717) is 31.0 Å². The molecule has 144 valence electrons. The summed E-state index contributed by atoms with van der Waals surface area (Å²) in [5.74, 6) is 0.628. The number of hydrogen-bond acceptors (Lipinski definition) is 6. The highest BCUT2D eigenvalue weighted by Crippen LogP contribution is 2.22. The molecule has 2 aromatic heterocycles. The average molecular weight is 384 g/mol. The highest BCUT2D eigenvalue weighted by Gasteiger charge is 2.30. The van der Waals surface area contributed by atoms with Crippen molar-refractivity contribution < 1.29 is 4.79 Å². The summed E-state index contributed by atoms with van der Waals surface area (Å²) in [5.41, 5.74) is 3.10. The van der Waals surface area contributed by atoms with Crippen molar-refractivity contribution in [3.63, 3.8) is 0 Å². The van der Waals surface area contributed by atoms with E-state index in [-0.39, 0.29) is 11.9 Å². The Balaban J connectivity index is 1.43. The van der Waals surface area contributed by atoms with Crippen molar-refractivity contribution in [2.45, 2.75) is 19.5 Å². The number of aromatic nitrogens is 3. The van der Waals surface area contributed by atoms with Gasteiger partial charge in [-0.25, -0.2) is 9.97 Å². The van der Waals surface area contributed by atoms with Gasteiger partial charge in [0, 0.05) is 49.0 Å². The number of benzene rings is 1. The Hall–Kier alpha value is -3.63. The largest absolute Gasteiger partial charge is 0.310 e. The fourth-order valence-electron chi connectivity index (χ4n) is 3.37. The highest BCUT2D eigenvalue weighted by atomic mass is 16.2. The molecule has 1 aliphatic heterocycles. The molecule has 0 N–H and O–H groups in total. The molecule has 0 saturated carbocycles. The summed E-state index contributed by atoms with van der Waals surface area (Å²) < 4.78 is 0. The van der Waals surface area contributed by atoms with Crippen molar-refractivity contribution in [1.29, 1.82) is 5.26 Å². The molecule has 1 aliphatic rings. The summed E-state index contributed by atoms with van der Waals surface area (Å²) in [5, 5.41) is 8.94. The van der Waals surface area contributed by atoms with Gasteiger partial charge in [0.25, 0.3) is 0 Å². The monoisotopic (exact) mass is 384 g/mol. The zero-order valence-corrected chi connectivity index (χ0v) is 16.1. The molecule has 0 radical (unpaired) electrons. The van der Waals surface area contributed by atoms with E-state index in [1.807, 2.05) is 30.3 Å². The lowest BCUT2D eigenvalue weighted by Crippen LogP contribution is -2.54. The number of piperazine rings is 1. The van der Waals surface area contributed by atoms with E-state index in [1.54, 1.807) is 35.6 Å². The third kappa shape index (κ3) is 4.13. The van der Waals surface area contributed by atoms with Gasteiger partial charge in [0.2, 0.25) is 5.91 Å². The molecule has 4 rings (SSSR count). The van der Waals surface area contributed by atoms with Gasteiger partial charge in [-0.2, -0.15) is 5.26 Å². The van der Waals surface area contributed by atoms with Gasteiger partial charge in [-0.3, -0.25) is 14.7 Å². The highest BCUT2D eigenvalue weighted by molar-refractivity contribution is 5.95. The first-order chi connectivity index (χ1) is 14.1. The van der Waals surface area contributed by atoms with Gasteiger partial charge in [0.05, 0.1) is 18.2 Å². The van der Waals surface area contributed by atoms with Crippen LogP contribution in [0.25, 0.3) is 11.5 Å². The summed E-state index contributed by atoms with van der Waals surface area (Å²) in [7, 11) is 0. The van der Waals surface area contributed by atoms with E-state index < -0.39 is 0 Å². The van der Waals surface area contributed by atoms with Crippen LogP contribution in [-0.2, 0) is 11.3 Å². The third-order valence-electron chi connectivity index (χ3n) is 5.00. The molecule has 29 heavy (non-hydrogen) atoms. The second-order valence-corrected chi connectivity index (χ2v) is 7.05. The maximum absolute atomic E-state index is 12.7. The fraction of sp³-hybridized carbons (Fsp3) is 0.227. The number of carbonyl (C=O) groups is 1. The van der Waals surface area contributed by atoms with Gasteiger partial charge in [0.15, 0.2) is 5.82 Å². The number of anilines is 1. The van der Waals surface area contributed by atoms with Crippen LogP contribution in [0.3, 0.4) is 0 Å². The Morgan fingerprint density at radius 3 is 2.52 bits per heavy atom. The average Bonchev–Trinajstić information content (AvgIpc) is 2.77. The minimum absolute atomic E-state index is 0.0406. The molecule has 1 saturated heterocycles. The summed E-state index contributed by atoms with van der Waals surface area (Å²) in [6.45, 7) is 3.63. The molecule has 0 bridgehead atoms. The van der Waals surface area contributed by atoms with E-state index >= 15 is 0 Å². The number of nitrogens with zero attached hydrogens (tertiary/aromatic N) is 6. The van der Waals surface area contributed by atoms with Crippen LogP contribution < -0.4 is 4.90 Å². The topological polar surface area (TPSA) is 86.0 Å². The van der Waals surface area contributed by atoms with Gasteiger partial charge in [-0.15, -0.1) is 0 Å². The van der Waals surface area contributed by atoms with Crippen LogP contribution in [-0.4, -0.2) is 44.9 Å². The van der Waals surface area contributed by atoms with E-state index in [4.69, 9.17) is 5.26 Å². The van der Waals surface area contributed by atoms with Crippen LogP contribution in [0.2, 0.25) is 0 Å². The number of amides is 1. The lowest BCUT2D eigenvalue weighted by Gasteiger charge is -2.39. The summed E-state index contributed by atoms with van der Waals surface area (Å²) >= 11 is 0. The standard InChI is InChI=1S/C22H20N6O/c1-16-13-28(19-7-5-17(10-23)6-8-19)21(29)15-27(16)14-18-11-25-22(26-12-18)20-4-2-3-9-24-20/h2-9,11-12,16H,13-15H2,1H3. The van der Waals surface area contributed by atoms with Gasteiger partial charge < -0.3 is 4.90 Å². The Kier molecular flexibility index (Phi) is 5.27. The number of hydrogen-bond donors (Lipinski definition) is 0. The van der Waals surface area contributed by atoms with Crippen LogP contribution in [0.15, 0.2) is 61.1 Å². The molecule has 1 aromatic carbocycles. The van der Waals surface area contributed by atoms with Gasteiger partial charge in [-0.05, 0) is 43.3 Å². The van der Waals surface area contributed by atoms with E-state index in [9.17, 15) is 4.79 Å². The van der Waals surface area contributed by atoms with Crippen molar-refractivity contribution in [3.05, 3.63) is 72.2 Å². The van der Waals surface area contributed by atoms with Gasteiger partial charge >= 0.3 is 0 Å². The number of carbonyl (C=O) groups excluding carboxylic acids is 1. The van der Waals surface area contributed by atoms with Crippen molar-refractivity contribution in [1.82, 2.24) is 19.9 Å². The fourth-order valence-corrected chi connectivity index (χ4v) is 3.37. The second kappa shape index (κ2) is 8.17. The van der Waals surface area contributed by atoms with Crippen LogP contribution in [0.1, 0.15) is 18.1 Å². The molecule has 1 amide bonds. The molecule has 3 heterocycles. The lowest BCUT2D eigenvalue weighted by atomic mass is 10.1. The maximum Gasteiger partial charge on any atom is 0.241 e. The Morgan fingerprint density at radius 1 is 1.10 bits per heavy atom. The maximum atomic E-state index is 12.7. The summed E-state index contributed by atoms with van der Waals surface area (Å²) in [6.07, 6.45) is 5.30. The van der Waals surface area contributed by atoms with Crippen molar-refractivity contribution >= 4 is 11.6 Å². The summed E-state index contributed by atoms with van der Waals surface area (Å²) in [4.78, 5) is 29.7. The predicted molar refractivity (Wildman–Crippen MR) is 109 cm³/mol. The van der Waals surface area contributed by atoms with Crippen LogP contribution in [0, 0.1) is 11.3 Å². The smallest absolute Gasteiger partial charge is 0.241 e. The molecular formula is C22H20N6O. The molecule has 1 atom stereocenters. The third-order valence-corrected chi connectivity index (χ3v) is 5.00. The number of pyridine rings is 1. The van der Waals surface area contributed by atoms with Gasteiger partial charge in [0.1, 0.15) is 5.69 Å². The number of rotatable bonds is 4. The Morgan fingerprint density at radius 2 is 1.86 bits per heavy atom. The van der Waals surface area contributed by atoms with Crippen LogP contribution >= 0.6 is 0 Å². The Bertz CT molecular complexity index is 1030. The SMILES string of the molecule is CC1CN(c2ccc(C#N)cc2)C(=O)CN1Cc1cnc(-c2ccccn2)nc1. The molecule has 7 heteroatoms. The zero-order valence-electron chi connectivity index (χ0n) is 16.1. The lowest BCUT2D eigenvalue weighted by molar-refractivity contribution is -0.122. The summed E-state index contributed by atoms with van der Waals surface area (Å²) in [6, 6.07) is 15.0. The molecule has 7 nitrogen and oxygen atoms in total. The molecule has 1 fully saturated rings. The number of nitriles is 1. The first kappa shape index (κ1) is 18.7. The van der Waals surface area contributed by atoms with Crippen LogP contribution in [0.5, 0.6) is 0 Å². The first-order valence-electron chi connectivity index (χ1n) is 9.41.